The Morgan fingerprint density at radius 1 is 1.28 bits per heavy atom. The van der Waals surface area contributed by atoms with Crippen LogP contribution in [0.4, 0.5) is 0 Å². The Hall–Kier alpha value is 0.350. The first-order valence-electron chi connectivity index (χ1n) is 6.89. The van der Waals surface area contributed by atoms with Crippen molar-refractivity contribution in [3.8, 4) is 0 Å². The van der Waals surface area contributed by atoms with Gasteiger partial charge in [0.2, 0.25) is 0 Å². The predicted molar refractivity (Wildman–Crippen MR) is 77.0 cm³/mol. The van der Waals surface area contributed by atoms with Crippen molar-refractivity contribution in [3.63, 3.8) is 0 Å². The van der Waals surface area contributed by atoms with Crippen molar-refractivity contribution < 1.29 is 8.42 Å². The highest BCUT2D eigenvalue weighted by Crippen LogP contribution is 2.30. The minimum absolute atomic E-state index is 0.142. The van der Waals surface area contributed by atoms with Crippen LogP contribution in [-0.2, 0) is 10.2 Å². The molecule has 1 saturated heterocycles. The molecule has 0 spiro atoms. The van der Waals surface area contributed by atoms with Crippen molar-refractivity contribution in [2.45, 2.75) is 56.3 Å². The topological polar surface area (TPSA) is 49.4 Å². The molecular weight excluding hydrogens is 316 g/mol. The third-order valence-corrected chi connectivity index (χ3v) is 6.61. The second-order valence-electron chi connectivity index (χ2n) is 5.59. The second kappa shape index (κ2) is 6.20. The average molecular weight is 339 g/mol. The molecular formula is C12H23BrN2O2S. The third kappa shape index (κ3) is 3.68. The molecule has 18 heavy (non-hydrogen) atoms. The lowest BCUT2D eigenvalue weighted by molar-refractivity contribution is 0.264. The Balaban J connectivity index is 1.86. The van der Waals surface area contributed by atoms with Gasteiger partial charge in [-0.2, -0.15) is 12.7 Å². The summed E-state index contributed by atoms with van der Waals surface area (Å²) < 4.78 is 28.9. The molecule has 1 heterocycles. The van der Waals surface area contributed by atoms with E-state index in [1.807, 2.05) is 6.92 Å². The summed E-state index contributed by atoms with van der Waals surface area (Å²) in [6.45, 7) is 3.26. The summed E-state index contributed by atoms with van der Waals surface area (Å²) in [5.41, 5.74) is 0. The van der Waals surface area contributed by atoms with Crippen LogP contribution in [0.15, 0.2) is 0 Å². The molecule has 1 aliphatic heterocycles. The van der Waals surface area contributed by atoms with Crippen molar-refractivity contribution in [2.75, 3.05) is 13.1 Å². The van der Waals surface area contributed by atoms with E-state index in [-0.39, 0.29) is 6.04 Å². The first kappa shape index (κ1) is 14.8. The van der Waals surface area contributed by atoms with Crippen LogP contribution in [-0.4, -0.2) is 36.7 Å². The number of hydrogen-bond donors (Lipinski definition) is 1. The first-order valence-corrected chi connectivity index (χ1v) is 9.25. The molecule has 2 rings (SSSR count). The lowest BCUT2D eigenvalue weighted by atomic mass is 10.1. The van der Waals surface area contributed by atoms with Crippen LogP contribution in [0.2, 0.25) is 0 Å². The number of nitrogens with one attached hydrogen (secondary N) is 1. The van der Waals surface area contributed by atoms with E-state index in [1.54, 1.807) is 4.31 Å². The van der Waals surface area contributed by atoms with Crippen LogP contribution in [0.3, 0.4) is 0 Å². The minimum atomic E-state index is -3.27. The van der Waals surface area contributed by atoms with E-state index in [1.165, 1.54) is 0 Å². The smallest absolute Gasteiger partial charge is 0.202 e. The van der Waals surface area contributed by atoms with Crippen molar-refractivity contribution >= 4 is 26.1 Å². The van der Waals surface area contributed by atoms with Gasteiger partial charge in [-0.25, -0.2) is 4.72 Å². The van der Waals surface area contributed by atoms with Gasteiger partial charge >= 0.3 is 0 Å². The first-order chi connectivity index (χ1) is 8.49. The van der Waals surface area contributed by atoms with Gasteiger partial charge in [0.25, 0.3) is 10.2 Å². The Bertz CT molecular complexity index is 374. The van der Waals surface area contributed by atoms with E-state index in [2.05, 4.69) is 20.7 Å². The van der Waals surface area contributed by atoms with Crippen LogP contribution >= 0.6 is 15.9 Å². The molecule has 1 N–H and O–H groups in total. The van der Waals surface area contributed by atoms with Crippen LogP contribution in [0.25, 0.3) is 0 Å². The molecule has 1 aliphatic carbocycles. The van der Waals surface area contributed by atoms with E-state index in [0.29, 0.717) is 23.8 Å². The van der Waals surface area contributed by atoms with Crippen molar-refractivity contribution in [1.82, 2.24) is 9.03 Å². The summed E-state index contributed by atoms with van der Waals surface area (Å²) in [6.07, 6.45) is 6.46. The molecule has 4 nitrogen and oxygen atoms in total. The zero-order valence-corrected chi connectivity index (χ0v) is 13.3. The third-order valence-electron chi connectivity index (χ3n) is 4.08. The fourth-order valence-corrected chi connectivity index (χ4v) is 5.29. The predicted octanol–water partition coefficient (Wildman–Crippen LogP) is 2.26. The van der Waals surface area contributed by atoms with Gasteiger partial charge < -0.3 is 0 Å². The molecule has 6 heteroatoms. The van der Waals surface area contributed by atoms with Crippen molar-refractivity contribution in [3.05, 3.63) is 0 Å². The number of alkyl halides is 1. The highest BCUT2D eigenvalue weighted by Gasteiger charge is 2.30. The van der Waals surface area contributed by atoms with Gasteiger partial charge in [0, 0.05) is 24.0 Å². The van der Waals surface area contributed by atoms with Crippen LogP contribution < -0.4 is 4.72 Å². The molecule has 3 unspecified atom stereocenters. The van der Waals surface area contributed by atoms with Crippen molar-refractivity contribution in [2.24, 2.45) is 5.92 Å². The Morgan fingerprint density at radius 3 is 2.67 bits per heavy atom. The van der Waals surface area contributed by atoms with Gasteiger partial charge in [-0.1, -0.05) is 22.4 Å². The lowest BCUT2D eigenvalue weighted by Gasteiger charge is -2.32. The standard InChI is InChI=1S/C12H23BrN2O2S/c1-10-4-2-3-7-15(10)18(16,17)14-9-11-5-6-12(13)8-11/h10-12,14H,2-9H2,1H3. The summed E-state index contributed by atoms with van der Waals surface area (Å²) in [5, 5.41) is 0. The normalized spacial score (nSPS) is 34.9. The van der Waals surface area contributed by atoms with Gasteiger partial charge in [0.1, 0.15) is 0 Å². The molecule has 106 valence electrons. The van der Waals surface area contributed by atoms with Gasteiger partial charge in [-0.15, -0.1) is 0 Å². The number of piperidine rings is 1. The monoisotopic (exact) mass is 338 g/mol. The zero-order chi connectivity index (χ0) is 13.2. The van der Waals surface area contributed by atoms with Crippen LogP contribution in [0.5, 0.6) is 0 Å². The van der Waals surface area contributed by atoms with Gasteiger partial charge in [0.15, 0.2) is 0 Å². The fourth-order valence-electron chi connectivity index (χ4n) is 2.93. The molecule has 0 aromatic rings. The number of halogens is 1. The van der Waals surface area contributed by atoms with E-state index >= 15 is 0 Å². The van der Waals surface area contributed by atoms with Gasteiger partial charge in [0.05, 0.1) is 0 Å². The average Bonchev–Trinajstić information content (AvgIpc) is 2.73. The summed E-state index contributed by atoms with van der Waals surface area (Å²) in [5.74, 6) is 0.490. The molecule has 2 fully saturated rings. The number of hydrogen-bond acceptors (Lipinski definition) is 2. The van der Waals surface area contributed by atoms with E-state index in [0.717, 1.165) is 38.5 Å². The second-order valence-corrected chi connectivity index (χ2v) is 8.59. The van der Waals surface area contributed by atoms with Gasteiger partial charge in [-0.3, -0.25) is 0 Å². The van der Waals surface area contributed by atoms with Crippen LogP contribution in [0.1, 0.15) is 45.4 Å². The van der Waals surface area contributed by atoms with E-state index in [9.17, 15) is 8.42 Å². The summed E-state index contributed by atoms with van der Waals surface area (Å²) >= 11 is 3.60. The largest absolute Gasteiger partial charge is 0.279 e. The molecule has 2 aliphatic rings. The molecule has 0 aromatic carbocycles. The molecule has 3 atom stereocenters. The number of rotatable bonds is 4. The highest BCUT2D eigenvalue weighted by atomic mass is 79.9. The fraction of sp³-hybridized carbons (Fsp3) is 1.00. The highest BCUT2D eigenvalue weighted by molar-refractivity contribution is 9.09. The molecule has 0 aromatic heterocycles. The maximum absolute atomic E-state index is 12.2. The Morgan fingerprint density at radius 2 is 2.06 bits per heavy atom. The molecule has 0 amide bonds. The summed E-state index contributed by atoms with van der Waals surface area (Å²) in [6, 6.07) is 0.142. The summed E-state index contributed by atoms with van der Waals surface area (Å²) in [4.78, 5) is 0.570. The SMILES string of the molecule is CC1CCCCN1S(=O)(=O)NCC1CCC(Br)C1. The maximum atomic E-state index is 12.2. The summed E-state index contributed by atoms with van der Waals surface area (Å²) in [7, 11) is -3.27. The van der Waals surface area contributed by atoms with Crippen LogP contribution in [0, 0.1) is 5.92 Å². The van der Waals surface area contributed by atoms with E-state index in [4.69, 9.17) is 0 Å². The zero-order valence-electron chi connectivity index (χ0n) is 10.9. The molecule has 0 radical (unpaired) electrons. The van der Waals surface area contributed by atoms with Gasteiger partial charge in [-0.05, 0) is 44.9 Å². The van der Waals surface area contributed by atoms with E-state index < -0.39 is 10.2 Å². The number of nitrogens with zero attached hydrogens (tertiary/aromatic N) is 1. The Kier molecular flexibility index (Phi) is 5.08. The Labute approximate surface area is 119 Å². The minimum Gasteiger partial charge on any atom is -0.202 e. The molecule has 0 bridgehead atoms. The molecule has 1 saturated carbocycles. The lowest BCUT2D eigenvalue weighted by Crippen LogP contribution is -2.48. The quantitative estimate of drug-likeness (QED) is 0.799. The van der Waals surface area contributed by atoms with Crippen molar-refractivity contribution in [1.29, 1.82) is 0 Å². The maximum Gasteiger partial charge on any atom is 0.279 e.